The summed E-state index contributed by atoms with van der Waals surface area (Å²) < 4.78 is 5.23. The van der Waals surface area contributed by atoms with Gasteiger partial charge in [-0.2, -0.15) is 0 Å². The number of rotatable bonds is 9. The van der Waals surface area contributed by atoms with E-state index in [0.29, 0.717) is 0 Å². The first-order valence-corrected chi connectivity index (χ1v) is 5.20. The van der Waals surface area contributed by atoms with E-state index in [1.54, 1.807) is 0 Å². The van der Waals surface area contributed by atoms with Gasteiger partial charge in [0.1, 0.15) is 0 Å². The lowest BCUT2D eigenvalue weighted by molar-refractivity contribution is 0.143. The van der Waals surface area contributed by atoms with Crippen molar-refractivity contribution in [1.29, 1.82) is 0 Å². The average Bonchev–Trinajstić information content (AvgIpc) is 2.10. The smallest absolute Gasteiger partial charge is 0.0466 e. The number of nitrogens with one attached hydrogen (secondary N) is 1. The quantitative estimate of drug-likeness (QED) is 0.540. The average molecular weight is 173 g/mol. The maximum Gasteiger partial charge on any atom is 0.0466 e. The summed E-state index contributed by atoms with van der Waals surface area (Å²) in [5.41, 5.74) is 0. The van der Waals surface area contributed by atoms with E-state index in [1.165, 1.54) is 32.2 Å². The van der Waals surface area contributed by atoms with E-state index in [2.05, 4.69) is 12.2 Å². The van der Waals surface area contributed by atoms with Crippen LogP contribution in [0.2, 0.25) is 0 Å². The summed E-state index contributed by atoms with van der Waals surface area (Å²) in [6.45, 7) is 8.35. The maximum atomic E-state index is 5.23. The van der Waals surface area contributed by atoms with Crippen molar-refractivity contribution >= 4 is 0 Å². The van der Waals surface area contributed by atoms with Crippen LogP contribution in [0.4, 0.5) is 0 Å². The lowest BCUT2D eigenvalue weighted by atomic mass is 10.3. The van der Waals surface area contributed by atoms with Gasteiger partial charge in [0, 0.05) is 13.2 Å². The molecule has 0 rings (SSSR count). The highest BCUT2D eigenvalue weighted by molar-refractivity contribution is 4.47. The molecule has 0 aromatic heterocycles. The Morgan fingerprint density at radius 2 is 1.75 bits per heavy atom. The first kappa shape index (κ1) is 11.9. The molecule has 2 heteroatoms. The minimum absolute atomic E-state index is 0.850. The van der Waals surface area contributed by atoms with Crippen molar-refractivity contribution in [3.05, 3.63) is 0 Å². The molecule has 12 heavy (non-hydrogen) atoms. The predicted octanol–water partition coefficient (Wildman–Crippen LogP) is 2.19. The first-order chi connectivity index (χ1) is 5.91. The van der Waals surface area contributed by atoms with Crippen molar-refractivity contribution in [1.82, 2.24) is 5.32 Å². The topological polar surface area (TPSA) is 21.3 Å². The van der Waals surface area contributed by atoms with Crippen molar-refractivity contribution in [2.75, 3.05) is 26.3 Å². The second-order valence-electron chi connectivity index (χ2n) is 3.01. The molecule has 0 aliphatic heterocycles. The third-order valence-electron chi connectivity index (χ3n) is 1.80. The molecular weight excluding hydrogens is 150 g/mol. The van der Waals surface area contributed by atoms with Crippen LogP contribution in [0.15, 0.2) is 0 Å². The van der Waals surface area contributed by atoms with Crippen molar-refractivity contribution in [3.63, 3.8) is 0 Å². The summed E-state index contributed by atoms with van der Waals surface area (Å²) in [6, 6.07) is 0. The summed E-state index contributed by atoms with van der Waals surface area (Å²) in [6.07, 6.45) is 5.01. The van der Waals surface area contributed by atoms with Crippen molar-refractivity contribution in [2.24, 2.45) is 0 Å². The van der Waals surface area contributed by atoms with E-state index in [4.69, 9.17) is 4.74 Å². The normalized spacial score (nSPS) is 10.5. The second kappa shape index (κ2) is 10.9. The van der Waals surface area contributed by atoms with Crippen LogP contribution >= 0.6 is 0 Å². The minimum Gasteiger partial charge on any atom is -0.382 e. The molecule has 0 fully saturated rings. The monoisotopic (exact) mass is 173 g/mol. The fourth-order valence-corrected chi connectivity index (χ4v) is 1.03. The fourth-order valence-electron chi connectivity index (χ4n) is 1.03. The molecular formula is C10H23NO. The van der Waals surface area contributed by atoms with Crippen LogP contribution in [0, 0.1) is 0 Å². The highest BCUT2D eigenvalue weighted by atomic mass is 16.5. The van der Waals surface area contributed by atoms with Crippen LogP contribution in [0.3, 0.4) is 0 Å². The van der Waals surface area contributed by atoms with E-state index in [0.717, 1.165) is 19.8 Å². The standard InChI is InChI=1S/C10H23NO/c1-3-5-8-11-9-6-7-10-12-4-2/h11H,3-10H2,1-2H3. The fraction of sp³-hybridized carbons (Fsp3) is 1.00. The highest BCUT2D eigenvalue weighted by Gasteiger charge is 1.88. The van der Waals surface area contributed by atoms with E-state index in [-0.39, 0.29) is 0 Å². The predicted molar refractivity (Wildman–Crippen MR) is 53.5 cm³/mol. The molecule has 1 N–H and O–H groups in total. The minimum atomic E-state index is 0.850. The summed E-state index contributed by atoms with van der Waals surface area (Å²) in [5, 5.41) is 3.41. The lowest BCUT2D eigenvalue weighted by Crippen LogP contribution is -2.16. The van der Waals surface area contributed by atoms with Crippen LogP contribution in [-0.4, -0.2) is 26.3 Å². The first-order valence-electron chi connectivity index (χ1n) is 5.20. The molecule has 0 atom stereocenters. The second-order valence-corrected chi connectivity index (χ2v) is 3.01. The molecule has 0 aliphatic rings. The molecule has 2 nitrogen and oxygen atoms in total. The van der Waals surface area contributed by atoms with E-state index in [1.807, 2.05) is 6.92 Å². The largest absolute Gasteiger partial charge is 0.382 e. The van der Waals surface area contributed by atoms with Gasteiger partial charge < -0.3 is 10.1 Å². The zero-order valence-electron chi connectivity index (χ0n) is 8.57. The molecule has 0 unspecified atom stereocenters. The van der Waals surface area contributed by atoms with E-state index in [9.17, 15) is 0 Å². The molecule has 0 aromatic carbocycles. The summed E-state index contributed by atoms with van der Waals surface area (Å²) in [5.74, 6) is 0. The van der Waals surface area contributed by atoms with Gasteiger partial charge in [-0.1, -0.05) is 13.3 Å². The SMILES string of the molecule is CCCCNCCCCOCC. The molecule has 0 saturated carbocycles. The Balaban J connectivity index is 2.73. The zero-order chi connectivity index (χ0) is 9.07. The van der Waals surface area contributed by atoms with E-state index < -0.39 is 0 Å². The molecule has 0 radical (unpaired) electrons. The van der Waals surface area contributed by atoms with Gasteiger partial charge in [-0.3, -0.25) is 0 Å². The summed E-state index contributed by atoms with van der Waals surface area (Å²) in [7, 11) is 0. The molecule has 0 aromatic rings. The Kier molecular flexibility index (Phi) is 10.8. The number of ether oxygens (including phenoxy) is 1. The third-order valence-corrected chi connectivity index (χ3v) is 1.80. The molecule has 0 aliphatic carbocycles. The van der Waals surface area contributed by atoms with Gasteiger partial charge in [-0.05, 0) is 39.3 Å². The zero-order valence-corrected chi connectivity index (χ0v) is 8.57. The lowest BCUT2D eigenvalue weighted by Gasteiger charge is -2.03. The van der Waals surface area contributed by atoms with Gasteiger partial charge in [0.2, 0.25) is 0 Å². The van der Waals surface area contributed by atoms with Gasteiger partial charge in [-0.15, -0.1) is 0 Å². The Bertz CT molecular complexity index is 66.2. The Morgan fingerprint density at radius 1 is 1.00 bits per heavy atom. The molecule has 0 bridgehead atoms. The molecule has 0 heterocycles. The molecule has 0 amide bonds. The van der Waals surface area contributed by atoms with E-state index >= 15 is 0 Å². The van der Waals surface area contributed by atoms with Crippen LogP contribution in [0.5, 0.6) is 0 Å². The number of hydrogen-bond donors (Lipinski definition) is 1. The Labute approximate surface area is 76.7 Å². The van der Waals surface area contributed by atoms with Gasteiger partial charge in [-0.25, -0.2) is 0 Å². The number of hydrogen-bond acceptors (Lipinski definition) is 2. The highest BCUT2D eigenvalue weighted by Crippen LogP contribution is 1.89. The van der Waals surface area contributed by atoms with Crippen LogP contribution in [0.25, 0.3) is 0 Å². The van der Waals surface area contributed by atoms with Crippen LogP contribution < -0.4 is 5.32 Å². The number of unbranched alkanes of at least 4 members (excludes halogenated alkanes) is 2. The molecule has 0 spiro atoms. The third kappa shape index (κ3) is 9.92. The van der Waals surface area contributed by atoms with Gasteiger partial charge in [0.15, 0.2) is 0 Å². The van der Waals surface area contributed by atoms with Crippen molar-refractivity contribution in [2.45, 2.75) is 39.5 Å². The Hall–Kier alpha value is -0.0800. The van der Waals surface area contributed by atoms with Crippen LogP contribution in [0.1, 0.15) is 39.5 Å². The summed E-state index contributed by atoms with van der Waals surface area (Å²) in [4.78, 5) is 0. The van der Waals surface area contributed by atoms with Gasteiger partial charge >= 0.3 is 0 Å². The Morgan fingerprint density at radius 3 is 2.42 bits per heavy atom. The molecule has 0 saturated heterocycles. The van der Waals surface area contributed by atoms with Crippen LogP contribution in [-0.2, 0) is 4.74 Å². The maximum absolute atomic E-state index is 5.23. The molecule has 74 valence electrons. The van der Waals surface area contributed by atoms with Gasteiger partial charge in [0.25, 0.3) is 0 Å². The summed E-state index contributed by atoms with van der Waals surface area (Å²) >= 11 is 0. The van der Waals surface area contributed by atoms with Crippen molar-refractivity contribution < 1.29 is 4.74 Å². The van der Waals surface area contributed by atoms with Gasteiger partial charge in [0.05, 0.1) is 0 Å². The van der Waals surface area contributed by atoms with Crippen molar-refractivity contribution in [3.8, 4) is 0 Å².